The molecular weight excluding hydrogens is 512 g/mol. The summed E-state index contributed by atoms with van der Waals surface area (Å²) in [6.07, 6.45) is 0. The van der Waals surface area contributed by atoms with E-state index in [2.05, 4.69) is 112 Å². The molecular formula is C16H12Br4. The van der Waals surface area contributed by atoms with Crippen LogP contribution in [0, 0.1) is 0 Å². The molecule has 0 aliphatic heterocycles. The molecule has 0 N–H and O–H groups in total. The second-order valence-electron chi connectivity index (χ2n) is 4.16. The standard InChI is InChI=1S/C16H12Br4/c17-15(18)13(11-7-3-1-4-8-11)14(16(19)20)12-9-5-2-6-10-12/h1-10,15-16H/b14-13+. The average Bonchev–Trinajstić information content (AvgIpc) is 2.45. The summed E-state index contributed by atoms with van der Waals surface area (Å²) in [4.78, 5) is 0. The van der Waals surface area contributed by atoms with E-state index in [1.54, 1.807) is 0 Å². The van der Waals surface area contributed by atoms with Gasteiger partial charge in [0.1, 0.15) is 0 Å². The maximum absolute atomic E-state index is 3.66. The van der Waals surface area contributed by atoms with E-state index >= 15 is 0 Å². The lowest BCUT2D eigenvalue weighted by atomic mass is 9.97. The summed E-state index contributed by atoms with van der Waals surface area (Å²) in [7, 11) is 0. The quantitative estimate of drug-likeness (QED) is 0.304. The molecule has 2 aromatic rings. The van der Waals surface area contributed by atoms with Crippen LogP contribution < -0.4 is 0 Å². The average molecular weight is 524 g/mol. The Morgan fingerprint density at radius 2 is 0.850 bits per heavy atom. The van der Waals surface area contributed by atoms with Gasteiger partial charge in [0.05, 0.1) is 7.47 Å². The molecule has 0 aliphatic rings. The van der Waals surface area contributed by atoms with Gasteiger partial charge in [-0.1, -0.05) is 124 Å². The Morgan fingerprint density at radius 1 is 0.550 bits per heavy atom. The Labute approximate surface area is 153 Å². The first-order valence-electron chi connectivity index (χ1n) is 6.02. The van der Waals surface area contributed by atoms with E-state index in [9.17, 15) is 0 Å². The molecule has 20 heavy (non-hydrogen) atoms. The Morgan fingerprint density at radius 3 is 1.10 bits per heavy atom. The van der Waals surface area contributed by atoms with Crippen molar-refractivity contribution in [2.45, 2.75) is 7.47 Å². The van der Waals surface area contributed by atoms with E-state index < -0.39 is 0 Å². The molecule has 104 valence electrons. The largest absolute Gasteiger partial charge is 0.0955 e. The third-order valence-electron chi connectivity index (χ3n) is 2.90. The molecule has 2 rings (SSSR count). The van der Waals surface area contributed by atoms with Crippen LogP contribution in [0.1, 0.15) is 11.1 Å². The summed E-state index contributed by atoms with van der Waals surface area (Å²) in [6.45, 7) is 0. The lowest BCUT2D eigenvalue weighted by Gasteiger charge is -2.19. The van der Waals surface area contributed by atoms with Crippen molar-refractivity contribution < 1.29 is 0 Å². The van der Waals surface area contributed by atoms with E-state index in [0.29, 0.717) is 0 Å². The van der Waals surface area contributed by atoms with Crippen molar-refractivity contribution in [2.75, 3.05) is 0 Å². The molecule has 0 spiro atoms. The van der Waals surface area contributed by atoms with Crippen LogP contribution in [0.4, 0.5) is 0 Å². The van der Waals surface area contributed by atoms with Crippen molar-refractivity contribution >= 4 is 74.9 Å². The van der Waals surface area contributed by atoms with Gasteiger partial charge < -0.3 is 0 Å². The third-order valence-corrected chi connectivity index (χ3v) is 4.73. The Kier molecular flexibility index (Phi) is 6.53. The van der Waals surface area contributed by atoms with Gasteiger partial charge in [-0.25, -0.2) is 0 Å². The molecule has 0 bridgehead atoms. The van der Waals surface area contributed by atoms with Crippen molar-refractivity contribution in [1.29, 1.82) is 0 Å². The van der Waals surface area contributed by atoms with Crippen LogP contribution in [0.25, 0.3) is 11.1 Å². The molecule has 2 aromatic carbocycles. The van der Waals surface area contributed by atoms with E-state index in [0.717, 1.165) is 0 Å². The molecule has 0 heterocycles. The van der Waals surface area contributed by atoms with E-state index in [4.69, 9.17) is 0 Å². The molecule has 0 fully saturated rings. The highest BCUT2D eigenvalue weighted by Gasteiger charge is 2.20. The zero-order valence-electron chi connectivity index (χ0n) is 10.4. The topological polar surface area (TPSA) is 0 Å². The highest BCUT2D eigenvalue weighted by molar-refractivity contribution is 9.25. The minimum absolute atomic E-state index is 0.0743. The number of rotatable bonds is 4. The monoisotopic (exact) mass is 520 g/mol. The highest BCUT2D eigenvalue weighted by atomic mass is 79.9. The van der Waals surface area contributed by atoms with Crippen molar-refractivity contribution in [3.63, 3.8) is 0 Å². The zero-order valence-corrected chi connectivity index (χ0v) is 16.8. The summed E-state index contributed by atoms with van der Waals surface area (Å²) in [5, 5.41) is 0. The van der Waals surface area contributed by atoms with Crippen LogP contribution in [0.15, 0.2) is 60.7 Å². The van der Waals surface area contributed by atoms with Gasteiger partial charge in [0.2, 0.25) is 0 Å². The number of benzene rings is 2. The summed E-state index contributed by atoms with van der Waals surface area (Å²) < 4.78 is 0.149. The van der Waals surface area contributed by atoms with Crippen molar-refractivity contribution in [2.24, 2.45) is 0 Å². The number of hydrogen-bond donors (Lipinski definition) is 0. The first-order valence-corrected chi connectivity index (χ1v) is 9.68. The van der Waals surface area contributed by atoms with Gasteiger partial charge in [-0.2, -0.15) is 0 Å². The summed E-state index contributed by atoms with van der Waals surface area (Å²) in [5.41, 5.74) is 4.79. The van der Waals surface area contributed by atoms with Gasteiger partial charge in [0.25, 0.3) is 0 Å². The molecule has 0 unspecified atom stereocenters. The van der Waals surface area contributed by atoms with Crippen LogP contribution in [0.2, 0.25) is 0 Å². The molecule has 0 aromatic heterocycles. The third kappa shape index (κ3) is 4.06. The Balaban J connectivity index is 2.67. The van der Waals surface area contributed by atoms with Crippen molar-refractivity contribution in [3.8, 4) is 0 Å². The predicted octanol–water partition coefficient (Wildman–Crippen LogP) is 6.83. The van der Waals surface area contributed by atoms with Gasteiger partial charge in [-0.15, -0.1) is 0 Å². The van der Waals surface area contributed by atoms with Crippen molar-refractivity contribution in [1.82, 2.24) is 0 Å². The number of halogens is 4. The smallest absolute Gasteiger partial charge is 0.0712 e. The number of allylic oxidation sites excluding steroid dienone is 2. The van der Waals surface area contributed by atoms with Gasteiger partial charge in [-0.05, 0) is 22.3 Å². The fourth-order valence-corrected chi connectivity index (χ4v) is 4.08. The molecule has 4 heteroatoms. The molecule has 0 atom stereocenters. The minimum atomic E-state index is 0.0743. The van der Waals surface area contributed by atoms with Crippen LogP contribution in [0.3, 0.4) is 0 Å². The lowest BCUT2D eigenvalue weighted by Crippen LogP contribution is -2.03. The normalized spacial score (nSPS) is 12.7. The SMILES string of the molecule is BrC(Br)/C(=C(\c1ccccc1)C(Br)Br)c1ccccc1. The van der Waals surface area contributed by atoms with Crippen molar-refractivity contribution in [3.05, 3.63) is 71.8 Å². The Hall–Kier alpha value is 0.1000. The zero-order chi connectivity index (χ0) is 14.5. The molecule has 0 nitrogen and oxygen atoms in total. The maximum atomic E-state index is 3.66. The fourth-order valence-electron chi connectivity index (χ4n) is 2.03. The molecule has 0 radical (unpaired) electrons. The van der Waals surface area contributed by atoms with Gasteiger partial charge >= 0.3 is 0 Å². The van der Waals surface area contributed by atoms with E-state index in [1.807, 2.05) is 12.1 Å². The second-order valence-corrected chi connectivity index (χ2v) is 10.3. The Bertz CT molecular complexity index is 520. The second kappa shape index (κ2) is 7.92. The lowest BCUT2D eigenvalue weighted by molar-refractivity contribution is 1.50. The summed E-state index contributed by atoms with van der Waals surface area (Å²) in [5.74, 6) is 0. The van der Waals surface area contributed by atoms with E-state index in [1.165, 1.54) is 22.3 Å². The maximum Gasteiger partial charge on any atom is 0.0955 e. The van der Waals surface area contributed by atoms with Gasteiger partial charge in [-0.3, -0.25) is 0 Å². The first-order chi connectivity index (χ1) is 9.61. The number of hydrogen-bond acceptors (Lipinski definition) is 0. The number of alkyl halides is 4. The van der Waals surface area contributed by atoms with Gasteiger partial charge in [0.15, 0.2) is 0 Å². The highest BCUT2D eigenvalue weighted by Crippen LogP contribution is 2.40. The summed E-state index contributed by atoms with van der Waals surface area (Å²) >= 11 is 14.6. The molecule has 0 aliphatic carbocycles. The van der Waals surface area contributed by atoms with Crippen LogP contribution in [-0.4, -0.2) is 7.47 Å². The van der Waals surface area contributed by atoms with Crippen LogP contribution in [0.5, 0.6) is 0 Å². The first kappa shape index (κ1) is 16.5. The van der Waals surface area contributed by atoms with Gasteiger partial charge in [0, 0.05) is 0 Å². The molecule has 0 saturated heterocycles. The minimum Gasteiger partial charge on any atom is -0.0712 e. The summed E-state index contributed by atoms with van der Waals surface area (Å²) in [6, 6.07) is 20.8. The fraction of sp³-hybridized carbons (Fsp3) is 0.125. The predicted molar refractivity (Wildman–Crippen MR) is 103 cm³/mol. The van der Waals surface area contributed by atoms with Crippen LogP contribution in [-0.2, 0) is 0 Å². The molecule has 0 amide bonds. The van der Waals surface area contributed by atoms with Crippen LogP contribution >= 0.6 is 63.7 Å². The molecule has 0 saturated carbocycles. The van der Waals surface area contributed by atoms with E-state index in [-0.39, 0.29) is 7.47 Å².